The minimum Gasteiger partial charge on any atom is -0.296 e. The molecule has 4 rings (SSSR count). The topological polar surface area (TPSA) is 90.0 Å². The van der Waals surface area contributed by atoms with Gasteiger partial charge in [-0.2, -0.15) is 4.68 Å². The van der Waals surface area contributed by atoms with Gasteiger partial charge in [-0.15, -0.1) is 5.10 Å². The zero-order valence-electron chi connectivity index (χ0n) is 15.5. The first-order chi connectivity index (χ1) is 13.7. The van der Waals surface area contributed by atoms with Crippen LogP contribution in [-0.2, 0) is 13.0 Å². The van der Waals surface area contributed by atoms with Gasteiger partial charge in [-0.25, -0.2) is 0 Å². The molecule has 0 atom stereocenters. The lowest BCUT2D eigenvalue weighted by Gasteiger charge is -2.31. The molecule has 0 radical (unpaired) electrons. The lowest BCUT2D eigenvalue weighted by Crippen LogP contribution is -2.34. The molecule has 1 aromatic heterocycles. The van der Waals surface area contributed by atoms with Gasteiger partial charge >= 0.3 is 0 Å². The number of hydrogen-bond acceptors (Lipinski definition) is 6. The van der Waals surface area contributed by atoms with Crippen molar-refractivity contribution < 1.29 is 4.92 Å². The number of nitrogens with zero attached hydrogens (tertiary/aromatic N) is 6. The van der Waals surface area contributed by atoms with E-state index in [1.165, 1.54) is 17.7 Å². The quantitative estimate of drug-likeness (QED) is 0.484. The number of nitro groups is 1. The molecule has 1 fully saturated rings. The first-order valence-corrected chi connectivity index (χ1v) is 9.47. The monoisotopic (exact) mass is 378 g/mol. The molecule has 1 aliphatic heterocycles. The van der Waals surface area contributed by atoms with Crippen molar-refractivity contribution >= 4 is 5.69 Å². The molecule has 0 saturated carbocycles. The van der Waals surface area contributed by atoms with Gasteiger partial charge in [-0.1, -0.05) is 30.3 Å². The Morgan fingerprint density at radius 2 is 1.75 bits per heavy atom. The van der Waals surface area contributed by atoms with Crippen LogP contribution in [0.2, 0.25) is 0 Å². The molecule has 8 heteroatoms. The van der Waals surface area contributed by atoms with E-state index in [9.17, 15) is 10.1 Å². The van der Waals surface area contributed by atoms with E-state index in [1.807, 2.05) is 0 Å². The molecule has 0 amide bonds. The van der Waals surface area contributed by atoms with Crippen LogP contribution in [0, 0.1) is 16.0 Å². The zero-order chi connectivity index (χ0) is 19.3. The molecule has 8 nitrogen and oxygen atoms in total. The van der Waals surface area contributed by atoms with Crippen molar-refractivity contribution in [3.8, 4) is 5.69 Å². The van der Waals surface area contributed by atoms with E-state index < -0.39 is 4.92 Å². The molecule has 2 heterocycles. The summed E-state index contributed by atoms with van der Waals surface area (Å²) in [6.45, 7) is 2.71. The van der Waals surface area contributed by atoms with Gasteiger partial charge in [0.15, 0.2) is 5.82 Å². The van der Waals surface area contributed by atoms with Crippen molar-refractivity contribution in [1.29, 1.82) is 0 Å². The Morgan fingerprint density at radius 3 is 2.43 bits per heavy atom. The fraction of sp³-hybridized carbons (Fsp3) is 0.350. The summed E-state index contributed by atoms with van der Waals surface area (Å²) in [5.74, 6) is 1.46. The second kappa shape index (κ2) is 8.26. The number of benzene rings is 2. The summed E-state index contributed by atoms with van der Waals surface area (Å²) in [4.78, 5) is 12.8. The minimum absolute atomic E-state index is 0.0545. The number of piperidine rings is 1. The van der Waals surface area contributed by atoms with Crippen LogP contribution in [0.5, 0.6) is 0 Å². The normalized spacial score (nSPS) is 15.6. The SMILES string of the molecule is O=[N+]([O-])c1ccc(-n2nnnc2CN2CCC(Cc3ccccc3)CC2)cc1. The van der Waals surface area contributed by atoms with Crippen LogP contribution in [0.3, 0.4) is 0 Å². The maximum Gasteiger partial charge on any atom is 0.269 e. The summed E-state index contributed by atoms with van der Waals surface area (Å²) in [5.41, 5.74) is 2.19. The molecule has 0 unspecified atom stereocenters. The van der Waals surface area contributed by atoms with Gasteiger partial charge in [0, 0.05) is 12.1 Å². The smallest absolute Gasteiger partial charge is 0.269 e. The van der Waals surface area contributed by atoms with E-state index in [-0.39, 0.29) is 5.69 Å². The molecule has 1 aliphatic rings. The van der Waals surface area contributed by atoms with Gasteiger partial charge in [-0.05, 0) is 66.4 Å². The Bertz CT molecular complexity index is 917. The number of likely N-dealkylation sites (tertiary alicyclic amines) is 1. The van der Waals surface area contributed by atoms with Crippen molar-refractivity contribution in [3.63, 3.8) is 0 Å². The fourth-order valence-corrected chi connectivity index (χ4v) is 3.72. The van der Waals surface area contributed by atoms with Gasteiger partial charge in [0.05, 0.1) is 17.2 Å². The highest BCUT2D eigenvalue weighted by molar-refractivity contribution is 5.40. The molecule has 2 aromatic carbocycles. The standard InChI is InChI=1S/C20H22N6O2/c27-26(28)19-8-6-18(7-9-19)25-20(21-22-23-25)15-24-12-10-17(11-13-24)14-16-4-2-1-3-5-16/h1-9,17H,10-15H2. The third-order valence-corrected chi connectivity index (χ3v) is 5.28. The fourth-order valence-electron chi connectivity index (χ4n) is 3.72. The molecule has 0 bridgehead atoms. The Kier molecular flexibility index (Phi) is 5.38. The summed E-state index contributed by atoms with van der Waals surface area (Å²) >= 11 is 0. The summed E-state index contributed by atoms with van der Waals surface area (Å²) in [6, 6.07) is 16.9. The number of rotatable bonds is 6. The number of hydrogen-bond donors (Lipinski definition) is 0. The lowest BCUT2D eigenvalue weighted by molar-refractivity contribution is -0.384. The number of nitro benzene ring substituents is 1. The third kappa shape index (κ3) is 4.23. The minimum atomic E-state index is -0.413. The second-order valence-electron chi connectivity index (χ2n) is 7.19. The van der Waals surface area contributed by atoms with Gasteiger partial charge in [0.1, 0.15) is 0 Å². The summed E-state index contributed by atoms with van der Waals surface area (Å²) in [7, 11) is 0. The van der Waals surface area contributed by atoms with Crippen molar-refractivity contribution in [3.05, 3.63) is 76.1 Å². The molecule has 3 aromatic rings. The average molecular weight is 378 g/mol. The van der Waals surface area contributed by atoms with Gasteiger partial charge in [0.2, 0.25) is 0 Å². The molecule has 28 heavy (non-hydrogen) atoms. The van der Waals surface area contributed by atoms with Gasteiger partial charge < -0.3 is 0 Å². The second-order valence-corrected chi connectivity index (χ2v) is 7.19. The highest BCUT2D eigenvalue weighted by atomic mass is 16.6. The Labute approximate surface area is 162 Å². The lowest BCUT2D eigenvalue weighted by atomic mass is 9.90. The first-order valence-electron chi connectivity index (χ1n) is 9.47. The molecule has 0 aliphatic carbocycles. The van der Waals surface area contributed by atoms with Crippen molar-refractivity contribution in [1.82, 2.24) is 25.1 Å². The van der Waals surface area contributed by atoms with E-state index in [0.717, 1.165) is 43.9 Å². The van der Waals surface area contributed by atoms with Crippen molar-refractivity contribution in [2.75, 3.05) is 13.1 Å². The summed E-state index contributed by atoms with van der Waals surface area (Å²) in [6.07, 6.45) is 3.46. The molecule has 0 N–H and O–H groups in total. The number of tetrazole rings is 1. The van der Waals surface area contributed by atoms with E-state index in [2.05, 4.69) is 50.8 Å². The van der Waals surface area contributed by atoms with E-state index >= 15 is 0 Å². The zero-order valence-corrected chi connectivity index (χ0v) is 15.5. The molecular formula is C20H22N6O2. The van der Waals surface area contributed by atoms with Crippen LogP contribution in [0.1, 0.15) is 24.2 Å². The van der Waals surface area contributed by atoms with E-state index in [4.69, 9.17) is 0 Å². The highest BCUT2D eigenvalue weighted by Crippen LogP contribution is 2.23. The Balaban J connectivity index is 1.36. The molecular weight excluding hydrogens is 356 g/mol. The Hall–Kier alpha value is -3.13. The average Bonchev–Trinajstić information content (AvgIpc) is 3.18. The van der Waals surface area contributed by atoms with E-state index in [0.29, 0.717) is 12.5 Å². The predicted molar refractivity (Wildman–Crippen MR) is 104 cm³/mol. The maximum atomic E-state index is 10.8. The van der Waals surface area contributed by atoms with Crippen molar-refractivity contribution in [2.45, 2.75) is 25.8 Å². The number of non-ortho nitro benzene ring substituents is 1. The van der Waals surface area contributed by atoms with Crippen molar-refractivity contribution in [2.24, 2.45) is 5.92 Å². The Morgan fingerprint density at radius 1 is 1.04 bits per heavy atom. The predicted octanol–water partition coefficient (Wildman–Crippen LogP) is 3.03. The van der Waals surface area contributed by atoms with Gasteiger partial charge in [0.25, 0.3) is 5.69 Å². The van der Waals surface area contributed by atoms with Crippen LogP contribution >= 0.6 is 0 Å². The third-order valence-electron chi connectivity index (χ3n) is 5.28. The van der Waals surface area contributed by atoms with Crippen LogP contribution < -0.4 is 0 Å². The number of aromatic nitrogens is 4. The van der Waals surface area contributed by atoms with Crippen LogP contribution in [0.25, 0.3) is 5.69 Å². The summed E-state index contributed by atoms with van der Waals surface area (Å²) < 4.78 is 1.65. The summed E-state index contributed by atoms with van der Waals surface area (Å²) in [5, 5.41) is 22.8. The van der Waals surface area contributed by atoms with Gasteiger partial charge in [-0.3, -0.25) is 15.0 Å². The van der Waals surface area contributed by atoms with Crippen LogP contribution in [0.4, 0.5) is 5.69 Å². The largest absolute Gasteiger partial charge is 0.296 e. The molecule has 0 spiro atoms. The molecule has 1 saturated heterocycles. The molecule has 144 valence electrons. The highest BCUT2D eigenvalue weighted by Gasteiger charge is 2.21. The first kappa shape index (κ1) is 18.2. The van der Waals surface area contributed by atoms with E-state index in [1.54, 1.807) is 16.8 Å². The maximum absolute atomic E-state index is 10.8. The van der Waals surface area contributed by atoms with Crippen LogP contribution in [0.15, 0.2) is 54.6 Å². The van der Waals surface area contributed by atoms with Crippen LogP contribution in [-0.4, -0.2) is 43.1 Å².